The first kappa shape index (κ1) is 4.63. The van der Waals surface area contributed by atoms with Crippen molar-refractivity contribution in [2.24, 2.45) is 5.11 Å². The number of aromatic amines is 1. The number of oxazole rings is 1. The second-order valence-corrected chi connectivity index (χ2v) is 1.69. The van der Waals surface area contributed by atoms with Crippen molar-refractivity contribution in [1.82, 2.24) is 0 Å². The molecule has 0 fully saturated rings. The minimum Gasteiger partial charge on any atom is -0.350 e. The van der Waals surface area contributed by atoms with Gasteiger partial charge in [0.2, 0.25) is 6.26 Å². The van der Waals surface area contributed by atoms with Crippen LogP contribution in [0, 0.1) is 0 Å². The summed E-state index contributed by atoms with van der Waals surface area (Å²) in [6.07, 6.45) is 1.49. The van der Waals surface area contributed by atoms with Gasteiger partial charge in [-0.1, -0.05) is 4.98 Å². The van der Waals surface area contributed by atoms with Gasteiger partial charge in [-0.25, -0.2) is 0 Å². The Bertz CT molecular complexity index is 265. The van der Waals surface area contributed by atoms with Gasteiger partial charge in [0.15, 0.2) is 0 Å². The van der Waals surface area contributed by atoms with Gasteiger partial charge in [-0.3, -0.25) is 0 Å². The molecule has 2 heterocycles. The number of rotatable bonds is 1. The number of fused-ring (bicyclic) bond motifs is 2. The molecule has 0 saturated carbocycles. The van der Waals surface area contributed by atoms with Crippen molar-refractivity contribution in [3.8, 4) is 0 Å². The Morgan fingerprint density at radius 1 is 1.89 bits per heavy atom. The highest BCUT2D eigenvalue weighted by molar-refractivity contribution is 5.14. The van der Waals surface area contributed by atoms with Crippen LogP contribution in [0.5, 0.6) is 0 Å². The molecule has 9 heavy (non-hydrogen) atoms. The van der Waals surface area contributed by atoms with E-state index in [1.807, 2.05) is 0 Å². The van der Waals surface area contributed by atoms with Crippen molar-refractivity contribution >= 4 is 11.8 Å². The normalized spacial score (nSPS) is 14.1. The maximum absolute atomic E-state index is 8.55. The van der Waals surface area contributed by atoms with E-state index < -0.39 is 0 Å². The lowest BCUT2D eigenvalue weighted by Crippen LogP contribution is -2.05. The number of aliphatic hydroxyl groups excluding tert-OH is 1. The molecule has 0 spiro atoms. The minimum absolute atomic E-state index is 0.153. The molecule has 5 heteroatoms. The van der Waals surface area contributed by atoms with Gasteiger partial charge >= 0.3 is 11.8 Å². The average molecular weight is 127 g/mol. The molecule has 0 aliphatic carbocycles. The monoisotopic (exact) mass is 127 g/mol. The smallest absolute Gasteiger partial charge is 0.350 e. The quantitative estimate of drug-likeness (QED) is 0.530. The summed E-state index contributed by atoms with van der Waals surface area (Å²) in [5.41, 5.74) is 0. The average Bonchev–Trinajstić information content (AvgIpc) is 2.45. The summed E-state index contributed by atoms with van der Waals surface area (Å²) in [5, 5.41) is 12.4. The molecule has 0 saturated heterocycles. The first-order chi connectivity index (χ1) is 4.40. The zero-order chi connectivity index (χ0) is 6.27. The number of nitrogens with one attached hydrogen (secondary N) is 1. The highest BCUT2D eigenvalue weighted by atomic mass is 16.4. The number of azo groups is 2. The lowest BCUT2D eigenvalue weighted by Gasteiger charge is -1.77. The van der Waals surface area contributed by atoms with E-state index in [1.165, 1.54) is 11.0 Å². The van der Waals surface area contributed by atoms with Gasteiger partial charge in [0.25, 0.3) is 6.73 Å². The van der Waals surface area contributed by atoms with Crippen LogP contribution in [0.2, 0.25) is 0 Å². The fourth-order valence-corrected chi connectivity index (χ4v) is 0.725. The molecule has 0 unspecified atom stereocenters. The Kier molecular flexibility index (Phi) is 0.711. The second-order valence-electron chi connectivity index (χ2n) is 1.69. The van der Waals surface area contributed by atoms with Crippen molar-refractivity contribution in [2.45, 2.75) is 0 Å². The van der Waals surface area contributed by atoms with Crippen LogP contribution in [0.3, 0.4) is 0 Å². The molecule has 2 rings (SSSR count). The van der Waals surface area contributed by atoms with E-state index in [0.717, 1.165) is 0 Å². The van der Waals surface area contributed by atoms with E-state index in [9.17, 15) is 0 Å². The van der Waals surface area contributed by atoms with E-state index in [0.29, 0.717) is 11.8 Å². The topological polar surface area (TPSA) is 62.9 Å². The Morgan fingerprint density at radius 2 is 2.78 bits per heavy atom. The van der Waals surface area contributed by atoms with Gasteiger partial charge in [0, 0.05) is 4.70 Å². The standard InChI is InChI=1S/C4H4N3O2/c8-2-7-4-5-3(6-7)1-9-4/h1,8H,2H2/q+1/p+1. The fraction of sp³-hybridized carbons (Fsp3) is 0.250. The van der Waals surface area contributed by atoms with Crippen LogP contribution in [0.1, 0.15) is 0 Å². The number of H-pyrrole nitrogens is 1. The number of aliphatic hydroxyl groups is 1. The van der Waals surface area contributed by atoms with Gasteiger partial charge in [0.05, 0.1) is 5.11 Å². The lowest BCUT2D eigenvalue weighted by atomic mass is 10.8. The molecule has 0 amide bonds. The summed E-state index contributed by atoms with van der Waals surface area (Å²) >= 11 is 0. The molecular formula is C4H5N3O2+2. The van der Waals surface area contributed by atoms with Gasteiger partial charge in [-0.05, 0) is 0 Å². The molecule has 2 bridgehead atoms. The molecule has 0 radical (unpaired) electrons. The summed E-state index contributed by atoms with van der Waals surface area (Å²) in [4.78, 5) is 2.78. The van der Waals surface area contributed by atoms with Crippen LogP contribution in [0.15, 0.2) is 15.8 Å². The number of nitrogens with zero attached hydrogens (tertiary/aromatic N) is 2. The first-order valence-electron chi connectivity index (χ1n) is 2.51. The van der Waals surface area contributed by atoms with Crippen LogP contribution < -0.4 is 4.98 Å². The molecule has 1 aliphatic rings. The Labute approximate surface area is 50.3 Å². The minimum atomic E-state index is -0.153. The van der Waals surface area contributed by atoms with Crippen LogP contribution in [0.4, 0.5) is 11.8 Å². The van der Waals surface area contributed by atoms with Crippen molar-refractivity contribution in [3.63, 3.8) is 0 Å². The molecule has 5 nitrogen and oxygen atoms in total. The summed E-state index contributed by atoms with van der Waals surface area (Å²) in [6, 6.07) is 0.479. The highest BCUT2D eigenvalue weighted by Gasteiger charge is 2.34. The summed E-state index contributed by atoms with van der Waals surface area (Å²) in [5.74, 6) is 0.638. The zero-order valence-corrected chi connectivity index (χ0v) is 4.53. The Balaban J connectivity index is 2.50. The van der Waals surface area contributed by atoms with E-state index in [1.54, 1.807) is 0 Å². The van der Waals surface area contributed by atoms with E-state index in [-0.39, 0.29) is 6.73 Å². The van der Waals surface area contributed by atoms with E-state index >= 15 is 0 Å². The van der Waals surface area contributed by atoms with Crippen LogP contribution in [-0.4, -0.2) is 16.5 Å². The third-order valence-electron chi connectivity index (χ3n) is 1.11. The fourth-order valence-electron chi connectivity index (χ4n) is 0.725. The molecule has 1 aliphatic heterocycles. The molecular weight excluding hydrogens is 122 g/mol. The molecule has 0 atom stereocenters. The zero-order valence-electron chi connectivity index (χ0n) is 4.53. The lowest BCUT2D eigenvalue weighted by molar-refractivity contribution is -0.603. The van der Waals surface area contributed by atoms with Crippen molar-refractivity contribution in [1.29, 1.82) is 0 Å². The third kappa shape index (κ3) is 0.488. The molecule has 0 aromatic carbocycles. The predicted molar refractivity (Wildman–Crippen MR) is 24.4 cm³/mol. The van der Waals surface area contributed by atoms with Crippen LogP contribution >= 0.6 is 0 Å². The molecule has 2 N–H and O–H groups in total. The Hall–Kier alpha value is -1.23. The summed E-state index contributed by atoms with van der Waals surface area (Å²) in [7, 11) is 0. The van der Waals surface area contributed by atoms with Crippen LogP contribution in [0.25, 0.3) is 0 Å². The summed E-state index contributed by atoms with van der Waals surface area (Å²) in [6.45, 7) is -0.153. The van der Waals surface area contributed by atoms with Gasteiger partial charge in [-0.15, -0.1) is 0 Å². The van der Waals surface area contributed by atoms with Crippen LogP contribution in [-0.2, 0) is 0 Å². The SMILES string of the molecule is OC[N+]1=Nc2coc1[nH+]2. The van der Waals surface area contributed by atoms with Crippen molar-refractivity contribution < 1.29 is 19.2 Å². The highest BCUT2D eigenvalue weighted by Crippen LogP contribution is 2.19. The Morgan fingerprint density at radius 3 is 3.11 bits per heavy atom. The molecule has 46 valence electrons. The number of aromatic nitrogens is 1. The van der Waals surface area contributed by atoms with Crippen molar-refractivity contribution in [2.75, 3.05) is 6.73 Å². The van der Waals surface area contributed by atoms with E-state index in [2.05, 4.69) is 10.1 Å². The maximum atomic E-state index is 8.55. The molecule has 1 aromatic rings. The first-order valence-corrected chi connectivity index (χ1v) is 2.51. The maximum Gasteiger partial charge on any atom is 0.664 e. The number of hydrogen-bond acceptors (Lipinski definition) is 3. The third-order valence-corrected chi connectivity index (χ3v) is 1.11. The van der Waals surface area contributed by atoms with Gasteiger partial charge in [0.1, 0.15) is 0 Å². The molecule has 1 aromatic heterocycles. The second kappa shape index (κ2) is 1.38. The van der Waals surface area contributed by atoms with Gasteiger partial charge in [-0.2, -0.15) is 0 Å². The van der Waals surface area contributed by atoms with E-state index in [4.69, 9.17) is 9.52 Å². The number of hydrogen-bond donors (Lipinski definition) is 1. The largest absolute Gasteiger partial charge is 0.664 e. The van der Waals surface area contributed by atoms with Gasteiger partial charge < -0.3 is 9.52 Å². The predicted octanol–water partition coefficient (Wildman–Crippen LogP) is -0.215. The van der Waals surface area contributed by atoms with Crippen molar-refractivity contribution in [3.05, 3.63) is 6.26 Å². The summed E-state index contributed by atoms with van der Waals surface area (Å²) < 4.78 is 6.20.